The van der Waals surface area contributed by atoms with E-state index in [1.54, 1.807) is 26.8 Å². The van der Waals surface area contributed by atoms with Crippen LogP contribution in [0, 0.1) is 0 Å². The van der Waals surface area contributed by atoms with Crippen LogP contribution < -0.4 is 0 Å². The Morgan fingerprint density at radius 2 is 2.00 bits per heavy atom. The van der Waals surface area contributed by atoms with Crippen LogP contribution >= 0.6 is 0 Å². The Bertz CT molecular complexity index is 259. The van der Waals surface area contributed by atoms with Crippen LogP contribution in [0.25, 0.3) is 0 Å². The van der Waals surface area contributed by atoms with Crippen LogP contribution in [0.2, 0.25) is 0 Å². The highest BCUT2D eigenvalue weighted by Crippen LogP contribution is 2.16. The van der Waals surface area contributed by atoms with E-state index >= 15 is 0 Å². The molecule has 15 heavy (non-hydrogen) atoms. The van der Waals surface area contributed by atoms with Gasteiger partial charge in [-0.2, -0.15) is 0 Å². The summed E-state index contributed by atoms with van der Waals surface area (Å²) in [7, 11) is 0. The Morgan fingerprint density at radius 1 is 1.47 bits per heavy atom. The topological polar surface area (TPSA) is 46.6 Å². The van der Waals surface area contributed by atoms with Gasteiger partial charge >= 0.3 is 5.97 Å². The molecule has 0 atom stereocenters. The van der Waals surface area contributed by atoms with E-state index < -0.39 is 11.5 Å². The molecule has 0 spiro atoms. The lowest BCUT2D eigenvalue weighted by Gasteiger charge is -2.34. The highest BCUT2D eigenvalue weighted by Gasteiger charge is 2.36. The largest absolute Gasteiger partial charge is 0.464 e. The molecule has 0 aromatic carbocycles. The zero-order valence-electron chi connectivity index (χ0n) is 9.87. The third kappa shape index (κ3) is 3.38. The van der Waals surface area contributed by atoms with Crippen molar-refractivity contribution in [2.75, 3.05) is 13.2 Å². The summed E-state index contributed by atoms with van der Waals surface area (Å²) in [5.41, 5.74) is -0.948. The predicted octanol–water partition coefficient (Wildman–Crippen LogP) is 1.36. The minimum atomic E-state index is -0.948. The van der Waals surface area contributed by atoms with E-state index in [4.69, 9.17) is 4.74 Å². The van der Waals surface area contributed by atoms with E-state index in [2.05, 4.69) is 6.58 Å². The van der Waals surface area contributed by atoms with Crippen molar-refractivity contribution in [3.63, 3.8) is 0 Å². The highest BCUT2D eigenvalue weighted by molar-refractivity contribution is 5.86. The molecule has 1 amide bonds. The molecule has 0 aliphatic carbocycles. The van der Waals surface area contributed by atoms with Gasteiger partial charge in [-0.15, -0.1) is 6.58 Å². The summed E-state index contributed by atoms with van der Waals surface area (Å²) in [5, 5.41) is 0. The number of rotatable bonds is 5. The molecule has 4 nitrogen and oxygen atoms in total. The van der Waals surface area contributed by atoms with Crippen LogP contribution in [0.5, 0.6) is 0 Å². The van der Waals surface area contributed by atoms with Crippen molar-refractivity contribution in [1.82, 2.24) is 4.90 Å². The first-order valence-electron chi connectivity index (χ1n) is 4.94. The molecule has 0 aromatic heterocycles. The van der Waals surface area contributed by atoms with Crippen LogP contribution in [-0.2, 0) is 14.3 Å². The third-order valence-electron chi connectivity index (χ3n) is 2.14. The number of amides is 1. The lowest BCUT2D eigenvalue weighted by molar-refractivity contribution is -0.160. The van der Waals surface area contributed by atoms with E-state index in [0.29, 0.717) is 13.2 Å². The highest BCUT2D eigenvalue weighted by atomic mass is 16.5. The normalized spacial score (nSPS) is 10.7. The molecule has 0 saturated heterocycles. The minimum absolute atomic E-state index is 0.173. The standard InChI is InChI=1S/C11H19NO3/c1-6-8-12(9(3)13)11(4,5)10(14)15-7-2/h6H,1,7-8H2,2-5H3. The first kappa shape index (κ1) is 13.7. The van der Waals surface area contributed by atoms with Crippen LogP contribution in [0.3, 0.4) is 0 Å². The molecule has 0 N–H and O–H groups in total. The summed E-state index contributed by atoms with van der Waals surface area (Å²) >= 11 is 0. The molecule has 0 radical (unpaired) electrons. The van der Waals surface area contributed by atoms with Crippen molar-refractivity contribution in [2.45, 2.75) is 33.2 Å². The molecule has 0 saturated carbocycles. The van der Waals surface area contributed by atoms with Crippen molar-refractivity contribution in [1.29, 1.82) is 0 Å². The molecule has 0 fully saturated rings. The maximum absolute atomic E-state index is 11.6. The van der Waals surface area contributed by atoms with Gasteiger partial charge in [0.1, 0.15) is 5.54 Å². The van der Waals surface area contributed by atoms with Crippen LogP contribution in [0.1, 0.15) is 27.7 Å². The van der Waals surface area contributed by atoms with Crippen LogP contribution in [0.15, 0.2) is 12.7 Å². The fourth-order valence-corrected chi connectivity index (χ4v) is 1.30. The smallest absolute Gasteiger partial charge is 0.331 e. The van der Waals surface area contributed by atoms with Gasteiger partial charge in [0.25, 0.3) is 0 Å². The Morgan fingerprint density at radius 3 is 2.33 bits per heavy atom. The molecule has 0 heterocycles. The quantitative estimate of drug-likeness (QED) is 0.511. The summed E-state index contributed by atoms with van der Waals surface area (Å²) in [6.07, 6.45) is 1.59. The number of esters is 1. The number of hydrogen-bond acceptors (Lipinski definition) is 3. The maximum atomic E-state index is 11.6. The summed E-state index contributed by atoms with van der Waals surface area (Å²) < 4.78 is 4.92. The molecule has 0 bridgehead atoms. The first-order chi connectivity index (χ1) is 6.87. The number of ether oxygens (including phenoxy) is 1. The predicted molar refractivity (Wildman–Crippen MR) is 58.3 cm³/mol. The molecule has 0 aliphatic heterocycles. The van der Waals surface area contributed by atoms with Crippen molar-refractivity contribution >= 4 is 11.9 Å². The lowest BCUT2D eigenvalue weighted by Crippen LogP contribution is -2.53. The zero-order chi connectivity index (χ0) is 12.1. The number of hydrogen-bond donors (Lipinski definition) is 0. The molecule has 0 rings (SSSR count). The summed E-state index contributed by atoms with van der Waals surface area (Å²) in [6, 6.07) is 0. The second-order valence-electron chi connectivity index (χ2n) is 3.70. The van der Waals surface area contributed by atoms with E-state index in [9.17, 15) is 9.59 Å². The zero-order valence-corrected chi connectivity index (χ0v) is 9.87. The van der Waals surface area contributed by atoms with Gasteiger partial charge in [-0.1, -0.05) is 6.08 Å². The summed E-state index contributed by atoms with van der Waals surface area (Å²) in [6.45, 7) is 10.7. The summed E-state index contributed by atoms with van der Waals surface area (Å²) in [4.78, 5) is 24.4. The molecular formula is C11H19NO3. The van der Waals surface area contributed by atoms with Gasteiger partial charge in [-0.05, 0) is 20.8 Å². The van der Waals surface area contributed by atoms with Gasteiger partial charge in [-0.3, -0.25) is 4.79 Å². The monoisotopic (exact) mass is 213 g/mol. The van der Waals surface area contributed by atoms with E-state index in [0.717, 1.165) is 0 Å². The number of carbonyl (C=O) groups is 2. The van der Waals surface area contributed by atoms with Crippen molar-refractivity contribution < 1.29 is 14.3 Å². The van der Waals surface area contributed by atoms with E-state index in [1.807, 2.05) is 0 Å². The fraction of sp³-hybridized carbons (Fsp3) is 0.636. The van der Waals surface area contributed by atoms with Gasteiger partial charge in [0, 0.05) is 13.5 Å². The number of carbonyl (C=O) groups excluding carboxylic acids is 2. The van der Waals surface area contributed by atoms with Gasteiger partial charge in [0.15, 0.2) is 0 Å². The van der Waals surface area contributed by atoms with E-state index in [1.165, 1.54) is 11.8 Å². The van der Waals surface area contributed by atoms with Gasteiger partial charge < -0.3 is 9.64 Å². The maximum Gasteiger partial charge on any atom is 0.331 e. The molecule has 0 aromatic rings. The molecule has 4 heteroatoms. The Labute approximate surface area is 90.9 Å². The lowest BCUT2D eigenvalue weighted by atomic mass is 10.0. The number of nitrogens with zero attached hydrogens (tertiary/aromatic N) is 1. The fourth-order valence-electron chi connectivity index (χ4n) is 1.30. The van der Waals surface area contributed by atoms with Crippen molar-refractivity contribution in [3.8, 4) is 0 Å². The van der Waals surface area contributed by atoms with Crippen molar-refractivity contribution in [3.05, 3.63) is 12.7 Å². The van der Waals surface area contributed by atoms with Gasteiger partial charge in [-0.25, -0.2) is 4.79 Å². The average molecular weight is 213 g/mol. The summed E-state index contributed by atoms with van der Waals surface area (Å²) in [5.74, 6) is -0.574. The average Bonchev–Trinajstić information content (AvgIpc) is 2.13. The molecular weight excluding hydrogens is 194 g/mol. The Balaban J connectivity index is 4.84. The van der Waals surface area contributed by atoms with Crippen LogP contribution in [-0.4, -0.2) is 35.5 Å². The molecule has 0 aliphatic rings. The second-order valence-corrected chi connectivity index (χ2v) is 3.70. The SMILES string of the molecule is C=CCN(C(C)=O)C(C)(C)C(=O)OCC. The van der Waals surface area contributed by atoms with Gasteiger partial charge in [0.05, 0.1) is 6.61 Å². The minimum Gasteiger partial charge on any atom is -0.464 e. The van der Waals surface area contributed by atoms with Crippen LogP contribution in [0.4, 0.5) is 0 Å². The molecule has 0 unspecified atom stereocenters. The van der Waals surface area contributed by atoms with E-state index in [-0.39, 0.29) is 5.91 Å². The second kappa shape index (κ2) is 5.53. The van der Waals surface area contributed by atoms with Gasteiger partial charge in [0.2, 0.25) is 5.91 Å². The third-order valence-corrected chi connectivity index (χ3v) is 2.14. The first-order valence-corrected chi connectivity index (χ1v) is 4.94. The Hall–Kier alpha value is -1.32. The molecule has 86 valence electrons. The Kier molecular flexibility index (Phi) is 5.05. The van der Waals surface area contributed by atoms with Crippen molar-refractivity contribution in [2.24, 2.45) is 0 Å².